The van der Waals surface area contributed by atoms with E-state index in [0.717, 1.165) is 25.7 Å². The maximum atomic E-state index is 12.6. The molecule has 0 saturated heterocycles. The summed E-state index contributed by atoms with van der Waals surface area (Å²) in [5.41, 5.74) is 0.451. The molecule has 0 radical (unpaired) electrons. The van der Waals surface area contributed by atoms with Crippen molar-refractivity contribution in [1.29, 1.82) is 0 Å². The lowest BCUT2D eigenvalue weighted by Crippen LogP contribution is -2.39. The zero-order chi connectivity index (χ0) is 18.4. The smallest absolute Gasteiger partial charge is 0.251 e. The number of phenols is 1. The number of aromatic hydroxyl groups is 1. The van der Waals surface area contributed by atoms with E-state index in [2.05, 4.69) is 10.6 Å². The van der Waals surface area contributed by atoms with Crippen molar-refractivity contribution in [3.8, 4) is 5.75 Å². The van der Waals surface area contributed by atoms with Gasteiger partial charge in [0.05, 0.1) is 0 Å². The van der Waals surface area contributed by atoms with Gasteiger partial charge in [-0.25, -0.2) is 0 Å². The number of nitrogens with one attached hydrogen (secondary N) is 2. The molecule has 0 heterocycles. The highest BCUT2D eigenvalue weighted by Crippen LogP contribution is 2.27. The Bertz CT molecular complexity index is 623. The van der Waals surface area contributed by atoms with Gasteiger partial charge in [-0.3, -0.25) is 9.59 Å². The zero-order valence-electron chi connectivity index (χ0n) is 15.4. The third-order valence-corrected chi connectivity index (χ3v) is 5.70. The van der Waals surface area contributed by atoms with Crippen LogP contribution in [0.4, 0.5) is 0 Å². The summed E-state index contributed by atoms with van der Waals surface area (Å²) in [4.78, 5) is 24.9. The molecule has 0 unspecified atom stereocenters. The SMILES string of the molecule is O=C(N[C@H]1CC[C@@H](C(=O)NC2CCCCCCC2)C1)c1cccc(O)c1. The van der Waals surface area contributed by atoms with E-state index in [1.165, 1.54) is 38.2 Å². The molecular formula is C21H30N2O3. The van der Waals surface area contributed by atoms with E-state index in [1.807, 2.05) is 0 Å². The fourth-order valence-corrected chi connectivity index (χ4v) is 4.19. The van der Waals surface area contributed by atoms with Gasteiger partial charge in [0, 0.05) is 23.6 Å². The summed E-state index contributed by atoms with van der Waals surface area (Å²) in [6.07, 6.45) is 10.8. The minimum Gasteiger partial charge on any atom is -0.508 e. The van der Waals surface area contributed by atoms with E-state index >= 15 is 0 Å². The monoisotopic (exact) mass is 358 g/mol. The minimum absolute atomic E-state index is 0.00471. The minimum atomic E-state index is -0.188. The van der Waals surface area contributed by atoms with Gasteiger partial charge in [0.15, 0.2) is 0 Å². The van der Waals surface area contributed by atoms with Crippen LogP contribution in [0.15, 0.2) is 24.3 Å². The Labute approximate surface area is 155 Å². The summed E-state index contributed by atoms with van der Waals surface area (Å²) in [5.74, 6) is 0.0482. The first-order valence-corrected chi connectivity index (χ1v) is 10.0. The van der Waals surface area contributed by atoms with Gasteiger partial charge >= 0.3 is 0 Å². The van der Waals surface area contributed by atoms with Crippen molar-refractivity contribution in [2.75, 3.05) is 0 Å². The van der Waals surface area contributed by atoms with E-state index in [4.69, 9.17) is 0 Å². The molecule has 3 N–H and O–H groups in total. The maximum absolute atomic E-state index is 12.6. The summed E-state index contributed by atoms with van der Waals surface area (Å²) in [5, 5.41) is 15.8. The lowest BCUT2D eigenvalue weighted by atomic mass is 9.96. The first-order chi connectivity index (χ1) is 12.6. The molecule has 2 atom stereocenters. The molecule has 3 rings (SSSR count). The van der Waals surface area contributed by atoms with Gasteiger partial charge in [0.1, 0.15) is 5.75 Å². The summed E-state index contributed by atoms with van der Waals surface area (Å²) in [6, 6.07) is 6.69. The largest absolute Gasteiger partial charge is 0.508 e. The molecule has 1 aromatic carbocycles. The lowest BCUT2D eigenvalue weighted by molar-refractivity contribution is -0.125. The Hall–Kier alpha value is -2.04. The molecule has 142 valence electrons. The third kappa shape index (κ3) is 5.23. The average molecular weight is 358 g/mol. The standard InChI is InChI=1S/C21H30N2O3/c24-19-10-6-7-15(14-19)20(25)23-18-12-11-16(13-18)21(26)22-17-8-4-2-1-3-5-9-17/h6-7,10,14,16-18,24H,1-5,8-9,11-13H2,(H,22,26)(H,23,25)/t16-,18+/m1/s1. The van der Waals surface area contributed by atoms with E-state index in [-0.39, 0.29) is 29.5 Å². The number of hydrogen-bond acceptors (Lipinski definition) is 3. The van der Waals surface area contributed by atoms with Crippen LogP contribution in [0, 0.1) is 5.92 Å². The second kappa shape index (κ2) is 9.06. The van der Waals surface area contributed by atoms with Crippen molar-refractivity contribution in [2.45, 2.75) is 76.3 Å². The first-order valence-electron chi connectivity index (χ1n) is 10.0. The number of carbonyl (C=O) groups excluding carboxylic acids is 2. The summed E-state index contributed by atoms with van der Waals surface area (Å²) in [7, 11) is 0. The molecule has 2 aliphatic carbocycles. The highest BCUT2D eigenvalue weighted by molar-refractivity contribution is 5.94. The molecule has 1 aromatic rings. The molecule has 0 spiro atoms. The van der Waals surface area contributed by atoms with Gasteiger partial charge in [0.25, 0.3) is 5.91 Å². The molecular weight excluding hydrogens is 328 g/mol. The Morgan fingerprint density at radius 3 is 2.35 bits per heavy atom. The van der Waals surface area contributed by atoms with Crippen LogP contribution >= 0.6 is 0 Å². The predicted octanol–water partition coefficient (Wildman–Crippen LogP) is 3.52. The van der Waals surface area contributed by atoms with Crippen LogP contribution in [0.1, 0.15) is 74.6 Å². The number of phenolic OH excluding ortho intramolecular Hbond substituents is 1. The summed E-state index contributed by atoms with van der Waals surface area (Å²) in [6.45, 7) is 0. The van der Waals surface area contributed by atoms with Gasteiger partial charge in [-0.1, -0.05) is 38.2 Å². The highest BCUT2D eigenvalue weighted by atomic mass is 16.3. The molecule has 0 aromatic heterocycles. The van der Waals surface area contributed by atoms with Crippen LogP contribution in [-0.4, -0.2) is 29.0 Å². The fourth-order valence-electron chi connectivity index (χ4n) is 4.19. The maximum Gasteiger partial charge on any atom is 0.251 e. The van der Waals surface area contributed by atoms with Crippen LogP contribution in [0.2, 0.25) is 0 Å². The number of benzene rings is 1. The summed E-state index contributed by atoms with van der Waals surface area (Å²) < 4.78 is 0. The Kier molecular flexibility index (Phi) is 6.53. The topological polar surface area (TPSA) is 78.4 Å². The first kappa shape index (κ1) is 18.7. The van der Waals surface area contributed by atoms with Gasteiger partial charge in [0.2, 0.25) is 5.91 Å². The van der Waals surface area contributed by atoms with Crippen molar-refractivity contribution < 1.29 is 14.7 Å². The number of amides is 2. The van der Waals surface area contributed by atoms with Crippen LogP contribution in [0.25, 0.3) is 0 Å². The number of carbonyl (C=O) groups is 2. The lowest BCUT2D eigenvalue weighted by Gasteiger charge is -2.23. The normalized spacial score (nSPS) is 24.5. The van der Waals surface area contributed by atoms with Crippen molar-refractivity contribution in [3.05, 3.63) is 29.8 Å². The van der Waals surface area contributed by atoms with Crippen molar-refractivity contribution >= 4 is 11.8 Å². The van der Waals surface area contributed by atoms with Crippen molar-refractivity contribution in [1.82, 2.24) is 10.6 Å². The van der Waals surface area contributed by atoms with Gasteiger partial charge < -0.3 is 15.7 Å². The number of hydrogen-bond donors (Lipinski definition) is 3. The molecule has 26 heavy (non-hydrogen) atoms. The van der Waals surface area contributed by atoms with Crippen LogP contribution in [-0.2, 0) is 4.79 Å². The fraction of sp³-hybridized carbons (Fsp3) is 0.619. The summed E-state index contributed by atoms with van der Waals surface area (Å²) >= 11 is 0. The van der Waals surface area contributed by atoms with E-state index in [0.29, 0.717) is 18.0 Å². The molecule has 5 nitrogen and oxygen atoms in total. The Morgan fingerprint density at radius 1 is 0.885 bits per heavy atom. The second-order valence-electron chi connectivity index (χ2n) is 7.78. The van der Waals surface area contributed by atoms with Gasteiger partial charge in [-0.2, -0.15) is 0 Å². The molecule has 2 saturated carbocycles. The van der Waals surface area contributed by atoms with Gasteiger partial charge in [-0.05, 0) is 50.3 Å². The van der Waals surface area contributed by atoms with Crippen LogP contribution < -0.4 is 10.6 Å². The van der Waals surface area contributed by atoms with E-state index in [1.54, 1.807) is 18.2 Å². The number of rotatable bonds is 4. The Morgan fingerprint density at radius 2 is 1.62 bits per heavy atom. The molecule has 2 aliphatic rings. The van der Waals surface area contributed by atoms with E-state index < -0.39 is 0 Å². The Balaban J connectivity index is 1.46. The van der Waals surface area contributed by atoms with Crippen molar-refractivity contribution in [3.63, 3.8) is 0 Å². The highest BCUT2D eigenvalue weighted by Gasteiger charge is 2.31. The van der Waals surface area contributed by atoms with E-state index in [9.17, 15) is 14.7 Å². The quantitative estimate of drug-likeness (QED) is 0.770. The molecule has 2 fully saturated rings. The van der Waals surface area contributed by atoms with Crippen LogP contribution in [0.3, 0.4) is 0 Å². The molecule has 0 aliphatic heterocycles. The predicted molar refractivity (Wildman–Crippen MR) is 101 cm³/mol. The zero-order valence-corrected chi connectivity index (χ0v) is 15.4. The third-order valence-electron chi connectivity index (χ3n) is 5.70. The average Bonchev–Trinajstić information content (AvgIpc) is 3.05. The van der Waals surface area contributed by atoms with Crippen LogP contribution in [0.5, 0.6) is 5.75 Å². The molecule has 2 amide bonds. The second-order valence-corrected chi connectivity index (χ2v) is 7.78. The van der Waals surface area contributed by atoms with Gasteiger partial charge in [-0.15, -0.1) is 0 Å². The van der Waals surface area contributed by atoms with Crippen molar-refractivity contribution in [2.24, 2.45) is 5.92 Å². The molecule has 5 heteroatoms. The molecule has 0 bridgehead atoms.